The second-order valence-corrected chi connectivity index (χ2v) is 19.0. The summed E-state index contributed by atoms with van der Waals surface area (Å²) >= 11 is 0. The van der Waals surface area contributed by atoms with Crippen LogP contribution in [0.2, 0.25) is 0 Å². The fraction of sp³-hybridized carbons (Fsp3) is 0.143. The van der Waals surface area contributed by atoms with Gasteiger partial charge in [0, 0.05) is 29.4 Å². The first-order chi connectivity index (χ1) is 23.1. The van der Waals surface area contributed by atoms with E-state index in [0.29, 0.717) is 0 Å². The first-order valence-electron chi connectivity index (χ1n) is 16.0. The molecule has 0 N–H and O–H groups in total. The van der Waals surface area contributed by atoms with Crippen molar-refractivity contribution >= 4 is 29.3 Å². The van der Waals surface area contributed by atoms with Crippen molar-refractivity contribution in [1.29, 1.82) is 0 Å². The standard InChI is InChI=1S/C42H42FO2PS2/c1-31-7-19-37(20-8-31)47(38-21-9-32(2)10-22-38,39-23-11-33(3)12-24-39)44-46(43)45-48(40-25-13-34(4)14-26-40,41-27-15-35(5)16-28-41)42-29-17-36(6)18-30-42/h7-30H,1-6H3. The van der Waals surface area contributed by atoms with Gasteiger partial charge in [0.15, 0.2) is 0 Å². The number of benzene rings is 6. The largest absolute Gasteiger partial charge is 0.397 e. The second kappa shape index (κ2) is 14.4. The van der Waals surface area contributed by atoms with Crippen LogP contribution < -0.4 is 0 Å². The molecule has 0 unspecified atom stereocenters. The van der Waals surface area contributed by atoms with Gasteiger partial charge in [-0.25, -0.2) is 7.94 Å². The van der Waals surface area contributed by atoms with Crippen LogP contribution >= 0.6 is 29.3 Å². The van der Waals surface area contributed by atoms with Crippen molar-refractivity contribution in [2.45, 2.75) is 70.9 Å². The van der Waals surface area contributed by atoms with E-state index in [1.165, 1.54) is 0 Å². The van der Waals surface area contributed by atoms with Gasteiger partial charge in [0.05, 0.1) is 0 Å². The van der Waals surface area contributed by atoms with Crippen LogP contribution in [0, 0.1) is 41.5 Å². The Morgan fingerprint density at radius 3 is 0.604 bits per heavy atom. The van der Waals surface area contributed by atoms with Crippen molar-refractivity contribution in [1.82, 2.24) is 0 Å². The highest BCUT2D eigenvalue weighted by atomic mass is 32.3. The van der Waals surface area contributed by atoms with Crippen molar-refractivity contribution in [2.75, 3.05) is 0 Å². The maximum Gasteiger partial charge on any atom is 0.397 e. The summed E-state index contributed by atoms with van der Waals surface area (Å²) in [6.45, 7) is 12.4. The van der Waals surface area contributed by atoms with Gasteiger partial charge in [-0.15, -0.1) is 0 Å². The van der Waals surface area contributed by atoms with E-state index in [1.54, 1.807) is 0 Å². The monoisotopic (exact) mass is 692 g/mol. The third-order valence-corrected chi connectivity index (χ3v) is 16.8. The molecular formula is C42H42FO2PS2. The van der Waals surface area contributed by atoms with Crippen LogP contribution in [0.5, 0.6) is 0 Å². The molecule has 0 aromatic heterocycles. The van der Waals surface area contributed by atoms with Gasteiger partial charge in [-0.1, -0.05) is 106 Å². The van der Waals surface area contributed by atoms with Gasteiger partial charge in [-0.2, -0.15) is 4.20 Å². The lowest BCUT2D eigenvalue weighted by Gasteiger charge is -2.44. The van der Waals surface area contributed by atoms with Crippen LogP contribution in [0.3, 0.4) is 0 Å². The zero-order chi connectivity index (χ0) is 33.9. The zero-order valence-electron chi connectivity index (χ0n) is 28.3. The maximum atomic E-state index is 17.6. The summed E-state index contributed by atoms with van der Waals surface area (Å²) in [6, 6.07) is 49.8. The molecule has 0 heterocycles. The molecule has 0 aliphatic heterocycles. The van der Waals surface area contributed by atoms with E-state index in [-0.39, 0.29) is 0 Å². The van der Waals surface area contributed by atoms with Gasteiger partial charge < -0.3 is 0 Å². The average Bonchev–Trinajstić information content (AvgIpc) is 3.09. The van der Waals surface area contributed by atoms with Crippen LogP contribution in [-0.2, 0) is 7.94 Å². The molecule has 6 heteroatoms. The van der Waals surface area contributed by atoms with Crippen LogP contribution in [-0.4, -0.2) is 0 Å². The van der Waals surface area contributed by atoms with Gasteiger partial charge in [0.1, 0.15) is 0 Å². The molecule has 0 saturated heterocycles. The van der Waals surface area contributed by atoms with E-state index in [0.717, 1.165) is 62.8 Å². The maximum absolute atomic E-state index is 17.6. The molecule has 6 rings (SSSR count). The summed E-state index contributed by atoms with van der Waals surface area (Å²) in [5, 5.41) is 0. The Bertz CT molecular complexity index is 1590. The molecule has 0 saturated carbocycles. The molecule has 0 amide bonds. The Morgan fingerprint density at radius 1 is 0.312 bits per heavy atom. The van der Waals surface area contributed by atoms with Crippen LogP contribution in [0.15, 0.2) is 175 Å². The Labute approximate surface area is 290 Å². The first kappa shape index (κ1) is 34.2. The molecule has 48 heavy (non-hydrogen) atoms. The Hall–Kier alpha value is -3.70. The normalized spacial score (nSPS) is 12.7. The molecule has 6 aromatic carbocycles. The van der Waals surface area contributed by atoms with Crippen molar-refractivity contribution in [2.24, 2.45) is 0 Å². The van der Waals surface area contributed by atoms with Gasteiger partial charge in [-0.3, -0.25) is 0 Å². The summed E-state index contributed by atoms with van der Waals surface area (Å²) in [4.78, 5) is 5.48. The molecule has 0 aliphatic carbocycles. The fourth-order valence-electron chi connectivity index (χ4n) is 5.64. The Kier molecular flexibility index (Phi) is 10.3. The number of halogens is 1. The molecule has 0 bridgehead atoms. The SMILES string of the molecule is Cc1ccc(S(OP(F)OS(c2ccc(C)cc2)(c2ccc(C)cc2)c2ccc(C)cc2)(c2ccc(C)cc2)c2ccc(C)cc2)cc1. The predicted molar refractivity (Wildman–Crippen MR) is 202 cm³/mol. The van der Waals surface area contributed by atoms with Crippen molar-refractivity contribution < 1.29 is 12.1 Å². The predicted octanol–water partition coefficient (Wildman–Crippen LogP) is 13.9. The minimum atomic E-state index is -2.97. The zero-order valence-corrected chi connectivity index (χ0v) is 30.8. The Morgan fingerprint density at radius 2 is 0.458 bits per heavy atom. The molecule has 2 nitrogen and oxygen atoms in total. The summed E-state index contributed by atoms with van der Waals surface area (Å²) in [5.74, 6) is 0. The van der Waals surface area contributed by atoms with Crippen molar-refractivity contribution in [3.63, 3.8) is 0 Å². The summed E-state index contributed by atoms with van der Waals surface area (Å²) in [6.07, 6.45) is 0. The molecule has 246 valence electrons. The fourth-order valence-corrected chi connectivity index (χ4v) is 14.2. The second-order valence-electron chi connectivity index (χ2n) is 12.4. The van der Waals surface area contributed by atoms with E-state index < -0.39 is 29.3 Å². The summed E-state index contributed by atoms with van der Waals surface area (Å²) in [7, 11) is -8.13. The van der Waals surface area contributed by atoms with E-state index in [4.69, 9.17) is 7.94 Å². The molecule has 0 radical (unpaired) electrons. The van der Waals surface area contributed by atoms with Crippen molar-refractivity contribution in [3.8, 4) is 0 Å². The quantitative estimate of drug-likeness (QED) is 0.133. The molecular weight excluding hydrogens is 651 g/mol. The third kappa shape index (κ3) is 6.89. The number of hydrogen-bond donors (Lipinski definition) is 0. The Balaban J connectivity index is 1.58. The van der Waals surface area contributed by atoms with E-state index >= 15 is 4.20 Å². The van der Waals surface area contributed by atoms with E-state index in [1.807, 2.05) is 0 Å². The smallest absolute Gasteiger partial charge is 0.245 e. The highest BCUT2D eigenvalue weighted by Crippen LogP contribution is 2.81. The third-order valence-electron chi connectivity index (χ3n) is 8.46. The average molecular weight is 693 g/mol. The molecule has 0 atom stereocenters. The number of hydrogen-bond acceptors (Lipinski definition) is 2. The van der Waals surface area contributed by atoms with Crippen LogP contribution in [0.25, 0.3) is 0 Å². The van der Waals surface area contributed by atoms with Crippen molar-refractivity contribution in [3.05, 3.63) is 179 Å². The van der Waals surface area contributed by atoms with Gasteiger partial charge in [-0.05, 0) is 135 Å². The van der Waals surface area contributed by atoms with Gasteiger partial charge in [0.2, 0.25) is 0 Å². The highest BCUT2D eigenvalue weighted by Gasteiger charge is 2.42. The molecule has 0 fully saturated rings. The highest BCUT2D eigenvalue weighted by molar-refractivity contribution is 8.33. The first-order valence-corrected chi connectivity index (χ1v) is 20.2. The summed E-state index contributed by atoms with van der Waals surface area (Å²) < 4.78 is 31.6. The lowest BCUT2D eigenvalue weighted by Crippen LogP contribution is -2.09. The van der Waals surface area contributed by atoms with Gasteiger partial charge >= 0.3 is 8.69 Å². The van der Waals surface area contributed by atoms with Gasteiger partial charge in [0.25, 0.3) is 0 Å². The lowest BCUT2D eigenvalue weighted by atomic mass is 10.2. The number of rotatable bonds is 10. The molecule has 0 spiro atoms. The van der Waals surface area contributed by atoms with E-state index in [2.05, 4.69) is 187 Å². The van der Waals surface area contributed by atoms with E-state index in [9.17, 15) is 0 Å². The van der Waals surface area contributed by atoms with Crippen LogP contribution in [0.1, 0.15) is 33.4 Å². The minimum Gasteiger partial charge on any atom is -0.245 e. The topological polar surface area (TPSA) is 18.5 Å². The minimum absolute atomic E-state index is 0.913. The van der Waals surface area contributed by atoms with Crippen LogP contribution in [0.4, 0.5) is 4.20 Å². The molecule has 0 aliphatic rings. The summed E-state index contributed by atoms with van der Waals surface area (Å²) in [5.41, 5.74) is 6.75. The number of aryl methyl sites for hydroxylation is 6. The lowest BCUT2D eigenvalue weighted by molar-refractivity contribution is 0.485. The molecule has 6 aromatic rings.